The Hall–Kier alpha value is -2.93. The number of benzene rings is 1. The minimum atomic E-state index is -0.116. The Kier molecular flexibility index (Phi) is 4.30. The van der Waals surface area contributed by atoms with E-state index in [1.165, 1.54) is 11.8 Å². The fourth-order valence-electron chi connectivity index (χ4n) is 2.79. The van der Waals surface area contributed by atoms with Gasteiger partial charge < -0.3 is 0 Å². The lowest BCUT2D eigenvalue weighted by molar-refractivity contribution is 0.757. The van der Waals surface area contributed by atoms with Crippen LogP contribution in [0, 0.1) is 0 Å². The Morgan fingerprint density at radius 2 is 1.88 bits per heavy atom. The summed E-state index contributed by atoms with van der Waals surface area (Å²) in [4.78, 5) is 22.1. The van der Waals surface area contributed by atoms with Gasteiger partial charge in [-0.15, -0.1) is 0 Å². The number of rotatable bonds is 4. The lowest BCUT2D eigenvalue weighted by Crippen LogP contribution is -2.22. The van der Waals surface area contributed by atoms with E-state index in [9.17, 15) is 4.79 Å². The summed E-state index contributed by atoms with van der Waals surface area (Å²) >= 11 is 1.53. The molecule has 0 amide bonds. The van der Waals surface area contributed by atoms with Crippen LogP contribution in [0.3, 0.4) is 0 Å². The second-order valence-electron chi connectivity index (χ2n) is 5.92. The zero-order valence-electron chi connectivity index (χ0n) is 14.4. The fourth-order valence-corrected chi connectivity index (χ4v) is 3.81. The highest BCUT2D eigenvalue weighted by Gasteiger charge is 2.18. The molecule has 0 saturated heterocycles. The molecular weight excluding hydrogens is 346 g/mol. The average Bonchev–Trinajstić information content (AvgIpc) is 3.04. The van der Waals surface area contributed by atoms with Crippen molar-refractivity contribution in [1.82, 2.24) is 24.3 Å². The molecule has 0 bridgehead atoms. The van der Waals surface area contributed by atoms with E-state index in [-0.39, 0.29) is 10.8 Å². The fraction of sp³-hybridized carbons (Fsp3) is 0.158. The molecule has 26 heavy (non-hydrogen) atoms. The molecule has 4 rings (SSSR count). The molecule has 0 aliphatic rings. The van der Waals surface area contributed by atoms with Crippen LogP contribution in [-0.4, -0.2) is 24.3 Å². The third kappa shape index (κ3) is 2.90. The highest BCUT2D eigenvalue weighted by molar-refractivity contribution is 7.99. The third-order valence-electron chi connectivity index (χ3n) is 4.18. The van der Waals surface area contributed by atoms with Crippen LogP contribution in [0.15, 0.2) is 71.0 Å². The van der Waals surface area contributed by atoms with Gasteiger partial charge in [-0.3, -0.25) is 19.0 Å². The minimum absolute atomic E-state index is 0.0937. The molecule has 6 nitrogen and oxygen atoms in total. The number of para-hydroxylation sites is 1. The number of aryl methyl sites for hydroxylation is 1. The maximum Gasteiger partial charge on any atom is 0.269 e. The molecule has 0 spiro atoms. The molecule has 0 N–H and O–H groups in total. The SMILES string of the molecule is CC(Sc1nc2c(cnn2C)c(=O)n1-c1ccccc1)c1cccnc1. The summed E-state index contributed by atoms with van der Waals surface area (Å²) in [5.41, 5.74) is 2.34. The van der Waals surface area contributed by atoms with Gasteiger partial charge in [-0.05, 0) is 30.7 Å². The minimum Gasteiger partial charge on any atom is -0.268 e. The topological polar surface area (TPSA) is 65.6 Å². The maximum absolute atomic E-state index is 13.1. The number of fused-ring (bicyclic) bond motifs is 1. The lowest BCUT2D eigenvalue weighted by Gasteiger charge is -2.16. The number of hydrogen-bond acceptors (Lipinski definition) is 5. The predicted octanol–water partition coefficient (Wildman–Crippen LogP) is 3.37. The quantitative estimate of drug-likeness (QED) is 0.411. The first kappa shape index (κ1) is 16.5. The van der Waals surface area contributed by atoms with Crippen LogP contribution in [0.1, 0.15) is 17.7 Å². The average molecular weight is 363 g/mol. The number of thioether (sulfide) groups is 1. The summed E-state index contributed by atoms with van der Waals surface area (Å²) in [5, 5.41) is 5.43. The number of aromatic nitrogens is 5. The Labute approximate surface area is 154 Å². The monoisotopic (exact) mass is 363 g/mol. The molecule has 0 radical (unpaired) electrons. The summed E-state index contributed by atoms with van der Waals surface area (Å²) in [7, 11) is 1.79. The van der Waals surface area contributed by atoms with Crippen LogP contribution in [-0.2, 0) is 7.05 Å². The zero-order chi connectivity index (χ0) is 18.1. The van der Waals surface area contributed by atoms with Gasteiger partial charge in [0.25, 0.3) is 5.56 Å². The van der Waals surface area contributed by atoms with Gasteiger partial charge in [-0.25, -0.2) is 4.98 Å². The van der Waals surface area contributed by atoms with E-state index in [4.69, 9.17) is 4.98 Å². The van der Waals surface area contributed by atoms with E-state index in [2.05, 4.69) is 17.0 Å². The molecule has 1 atom stereocenters. The molecule has 1 unspecified atom stereocenters. The van der Waals surface area contributed by atoms with E-state index in [1.807, 2.05) is 48.7 Å². The first-order valence-electron chi connectivity index (χ1n) is 8.22. The largest absolute Gasteiger partial charge is 0.269 e. The van der Waals surface area contributed by atoms with Gasteiger partial charge in [-0.1, -0.05) is 36.0 Å². The summed E-state index contributed by atoms with van der Waals surface area (Å²) in [6, 6.07) is 13.5. The van der Waals surface area contributed by atoms with Gasteiger partial charge in [0.2, 0.25) is 0 Å². The van der Waals surface area contributed by atoms with Crippen molar-refractivity contribution in [2.75, 3.05) is 0 Å². The van der Waals surface area contributed by atoms with Crippen molar-refractivity contribution < 1.29 is 0 Å². The van der Waals surface area contributed by atoms with Gasteiger partial charge in [-0.2, -0.15) is 5.10 Å². The molecule has 7 heteroatoms. The van der Waals surface area contributed by atoms with Crippen LogP contribution in [0.2, 0.25) is 0 Å². The van der Waals surface area contributed by atoms with E-state index in [0.29, 0.717) is 16.2 Å². The number of nitrogens with zero attached hydrogens (tertiary/aromatic N) is 5. The van der Waals surface area contributed by atoms with E-state index < -0.39 is 0 Å². The number of pyridine rings is 1. The van der Waals surface area contributed by atoms with Gasteiger partial charge in [0.05, 0.1) is 11.9 Å². The van der Waals surface area contributed by atoms with Crippen molar-refractivity contribution in [3.8, 4) is 5.69 Å². The van der Waals surface area contributed by atoms with Gasteiger partial charge in [0.15, 0.2) is 10.8 Å². The molecule has 0 aliphatic heterocycles. The lowest BCUT2D eigenvalue weighted by atomic mass is 10.2. The molecule has 4 aromatic rings. The molecule has 130 valence electrons. The number of hydrogen-bond donors (Lipinski definition) is 0. The van der Waals surface area contributed by atoms with Gasteiger partial charge >= 0.3 is 0 Å². The summed E-state index contributed by atoms with van der Waals surface area (Å²) in [6.45, 7) is 2.08. The van der Waals surface area contributed by atoms with Gasteiger partial charge in [0, 0.05) is 24.7 Å². The summed E-state index contributed by atoms with van der Waals surface area (Å²) < 4.78 is 3.28. The molecule has 0 aliphatic carbocycles. The Morgan fingerprint density at radius 3 is 2.62 bits per heavy atom. The molecular formula is C19H17N5OS. The van der Waals surface area contributed by atoms with Crippen molar-refractivity contribution >= 4 is 22.8 Å². The molecule has 3 aromatic heterocycles. The molecule has 1 aromatic carbocycles. The zero-order valence-corrected chi connectivity index (χ0v) is 15.2. The Balaban J connectivity index is 1.89. The Bertz CT molecular complexity index is 1110. The Morgan fingerprint density at radius 1 is 1.08 bits per heavy atom. The van der Waals surface area contributed by atoms with Crippen molar-refractivity contribution in [3.05, 3.63) is 77.0 Å². The van der Waals surface area contributed by atoms with Crippen LogP contribution >= 0.6 is 11.8 Å². The first-order valence-corrected chi connectivity index (χ1v) is 9.10. The van der Waals surface area contributed by atoms with Crippen molar-refractivity contribution in [3.63, 3.8) is 0 Å². The van der Waals surface area contributed by atoms with Crippen molar-refractivity contribution in [1.29, 1.82) is 0 Å². The summed E-state index contributed by atoms with van der Waals surface area (Å²) in [6.07, 6.45) is 5.16. The molecule has 0 fully saturated rings. The summed E-state index contributed by atoms with van der Waals surface area (Å²) in [5.74, 6) is 0. The molecule has 0 saturated carbocycles. The standard InChI is InChI=1S/C19H17N5OS/c1-13(14-7-6-10-20-11-14)26-19-22-17-16(12-21-23(17)2)18(25)24(19)15-8-4-3-5-9-15/h3-13H,1-2H3. The predicted molar refractivity (Wildman–Crippen MR) is 103 cm³/mol. The van der Waals surface area contributed by atoms with Crippen LogP contribution in [0.25, 0.3) is 16.7 Å². The normalized spacial score (nSPS) is 12.4. The highest BCUT2D eigenvalue weighted by atomic mass is 32.2. The van der Waals surface area contributed by atoms with E-state index >= 15 is 0 Å². The van der Waals surface area contributed by atoms with Crippen LogP contribution in [0.4, 0.5) is 0 Å². The van der Waals surface area contributed by atoms with E-state index in [0.717, 1.165) is 11.3 Å². The third-order valence-corrected chi connectivity index (χ3v) is 5.29. The smallest absolute Gasteiger partial charge is 0.268 e. The second kappa shape index (κ2) is 6.76. The van der Waals surface area contributed by atoms with Crippen molar-refractivity contribution in [2.45, 2.75) is 17.3 Å². The van der Waals surface area contributed by atoms with Crippen molar-refractivity contribution in [2.24, 2.45) is 7.05 Å². The highest BCUT2D eigenvalue weighted by Crippen LogP contribution is 2.34. The second-order valence-corrected chi connectivity index (χ2v) is 7.23. The first-order chi connectivity index (χ1) is 12.6. The van der Waals surface area contributed by atoms with Crippen LogP contribution in [0.5, 0.6) is 0 Å². The van der Waals surface area contributed by atoms with Crippen LogP contribution < -0.4 is 5.56 Å². The molecule has 3 heterocycles. The maximum atomic E-state index is 13.1. The van der Waals surface area contributed by atoms with Gasteiger partial charge in [0.1, 0.15) is 5.39 Å². The van der Waals surface area contributed by atoms with E-state index in [1.54, 1.807) is 28.7 Å².